The molecule has 0 aliphatic rings. The number of aliphatic hydroxyl groups is 1. The van der Waals surface area contributed by atoms with Crippen LogP contribution in [0.3, 0.4) is 0 Å². The summed E-state index contributed by atoms with van der Waals surface area (Å²) >= 11 is 0. The summed E-state index contributed by atoms with van der Waals surface area (Å²) in [6, 6.07) is 10.1. The first-order valence-electron chi connectivity index (χ1n) is 12.5. The van der Waals surface area contributed by atoms with Gasteiger partial charge in [-0.25, -0.2) is 4.98 Å². The van der Waals surface area contributed by atoms with Gasteiger partial charge in [0.25, 0.3) is 0 Å². The van der Waals surface area contributed by atoms with Gasteiger partial charge in [-0.2, -0.15) is 5.10 Å². The summed E-state index contributed by atoms with van der Waals surface area (Å²) in [6.07, 6.45) is 12.5. The molecule has 0 aliphatic carbocycles. The summed E-state index contributed by atoms with van der Waals surface area (Å²) in [5.74, 6) is 0. The van der Waals surface area contributed by atoms with Crippen LogP contribution < -0.4 is 5.32 Å². The minimum absolute atomic E-state index is 0.00183. The van der Waals surface area contributed by atoms with Gasteiger partial charge in [-0.05, 0) is 47.7 Å². The minimum Gasteiger partial charge on any atom is -0.374 e. The van der Waals surface area contributed by atoms with Crippen LogP contribution in [0.1, 0.15) is 27.2 Å². The Hall–Kier alpha value is -4.63. The number of aliphatic hydroxyl groups excluding tert-OH is 1. The molecule has 6 aromatic rings. The number of nitrogens with zero attached hydrogens (tertiary/aromatic N) is 5. The monoisotopic (exact) mass is 504 g/mol. The van der Waals surface area contributed by atoms with Crippen molar-refractivity contribution in [1.29, 1.82) is 0 Å². The third-order valence-electron chi connectivity index (χ3n) is 6.42. The minimum atomic E-state index is -0.665. The second-order valence-corrected chi connectivity index (χ2v) is 10.6. The normalized spacial score (nSPS) is 12.7. The molecule has 0 bridgehead atoms. The lowest BCUT2D eigenvalue weighted by Crippen LogP contribution is -2.25. The molecule has 190 valence electrons. The summed E-state index contributed by atoms with van der Waals surface area (Å²) in [6.45, 7) is 6.29. The fourth-order valence-corrected chi connectivity index (χ4v) is 4.71. The van der Waals surface area contributed by atoms with Crippen molar-refractivity contribution in [1.82, 2.24) is 35.1 Å². The molecular weight excluding hydrogens is 476 g/mol. The van der Waals surface area contributed by atoms with Gasteiger partial charge in [0.1, 0.15) is 11.9 Å². The number of H-pyrrole nitrogens is 2. The number of rotatable bonds is 6. The highest BCUT2D eigenvalue weighted by atomic mass is 16.3. The van der Waals surface area contributed by atoms with Crippen LogP contribution >= 0.6 is 0 Å². The van der Waals surface area contributed by atoms with Crippen molar-refractivity contribution in [2.45, 2.75) is 33.4 Å². The Morgan fingerprint density at radius 1 is 0.868 bits per heavy atom. The van der Waals surface area contributed by atoms with Crippen molar-refractivity contribution in [3.63, 3.8) is 0 Å². The molecule has 4 N–H and O–H groups in total. The van der Waals surface area contributed by atoms with Crippen LogP contribution in [0, 0.1) is 5.41 Å². The number of fused-ring (bicyclic) bond motifs is 2. The second kappa shape index (κ2) is 9.35. The molecule has 1 unspecified atom stereocenters. The van der Waals surface area contributed by atoms with Gasteiger partial charge >= 0.3 is 0 Å². The zero-order chi connectivity index (χ0) is 26.3. The van der Waals surface area contributed by atoms with E-state index in [-0.39, 0.29) is 5.41 Å². The first kappa shape index (κ1) is 23.7. The lowest BCUT2D eigenvalue weighted by atomic mass is 9.91. The van der Waals surface area contributed by atoms with E-state index in [1.807, 2.05) is 30.6 Å². The number of anilines is 1. The van der Waals surface area contributed by atoms with E-state index in [2.05, 4.69) is 73.3 Å². The van der Waals surface area contributed by atoms with Crippen LogP contribution in [-0.4, -0.2) is 46.5 Å². The highest BCUT2D eigenvalue weighted by Gasteiger charge is 2.18. The van der Waals surface area contributed by atoms with Gasteiger partial charge in [0.15, 0.2) is 5.65 Å². The molecule has 6 rings (SSSR count). The van der Waals surface area contributed by atoms with Crippen LogP contribution in [0.5, 0.6) is 0 Å². The van der Waals surface area contributed by atoms with Crippen LogP contribution in [-0.2, 0) is 0 Å². The maximum atomic E-state index is 10.5. The lowest BCUT2D eigenvalue weighted by molar-refractivity contribution is 0.145. The zero-order valence-electron chi connectivity index (χ0n) is 21.4. The average molecular weight is 505 g/mol. The summed E-state index contributed by atoms with van der Waals surface area (Å²) < 4.78 is 0. The largest absolute Gasteiger partial charge is 0.374 e. The molecule has 0 radical (unpaired) electrons. The first-order valence-corrected chi connectivity index (χ1v) is 12.5. The number of hydrogen-bond donors (Lipinski definition) is 4. The van der Waals surface area contributed by atoms with E-state index in [9.17, 15) is 5.11 Å². The summed E-state index contributed by atoms with van der Waals surface area (Å²) in [7, 11) is 0. The van der Waals surface area contributed by atoms with E-state index < -0.39 is 6.23 Å². The van der Waals surface area contributed by atoms with E-state index in [0.29, 0.717) is 12.1 Å². The number of nitrogens with one attached hydrogen (secondary N) is 3. The summed E-state index contributed by atoms with van der Waals surface area (Å²) in [4.78, 5) is 21.0. The molecule has 0 saturated heterocycles. The van der Waals surface area contributed by atoms with Crippen molar-refractivity contribution in [2.24, 2.45) is 5.41 Å². The van der Waals surface area contributed by atoms with Crippen molar-refractivity contribution < 1.29 is 5.11 Å². The Morgan fingerprint density at radius 3 is 2.47 bits per heavy atom. The third kappa shape index (κ3) is 4.71. The topological polar surface area (TPSA) is 128 Å². The van der Waals surface area contributed by atoms with Gasteiger partial charge in [-0.1, -0.05) is 20.8 Å². The van der Waals surface area contributed by atoms with E-state index in [0.717, 1.165) is 55.6 Å². The quantitative estimate of drug-likeness (QED) is 0.211. The van der Waals surface area contributed by atoms with Crippen molar-refractivity contribution in [3.8, 4) is 33.6 Å². The maximum absolute atomic E-state index is 10.5. The first-order chi connectivity index (χ1) is 18.3. The van der Waals surface area contributed by atoms with Gasteiger partial charge in [-0.15, -0.1) is 0 Å². The molecule has 0 fully saturated rings. The molecule has 0 aliphatic heterocycles. The fourth-order valence-electron chi connectivity index (χ4n) is 4.71. The van der Waals surface area contributed by atoms with Crippen LogP contribution in [0.2, 0.25) is 0 Å². The predicted octanol–water partition coefficient (Wildman–Crippen LogP) is 5.79. The maximum Gasteiger partial charge on any atom is 0.155 e. The Labute approximate surface area is 219 Å². The van der Waals surface area contributed by atoms with E-state index >= 15 is 0 Å². The van der Waals surface area contributed by atoms with Gasteiger partial charge in [-0.3, -0.25) is 20.1 Å². The van der Waals surface area contributed by atoms with Crippen molar-refractivity contribution >= 4 is 27.6 Å². The van der Waals surface area contributed by atoms with Crippen LogP contribution in [0.25, 0.3) is 55.6 Å². The summed E-state index contributed by atoms with van der Waals surface area (Å²) in [5, 5.41) is 23.2. The van der Waals surface area contributed by atoms with E-state index in [4.69, 9.17) is 0 Å². The van der Waals surface area contributed by atoms with Gasteiger partial charge < -0.3 is 15.4 Å². The molecule has 0 saturated carbocycles. The molecule has 6 heterocycles. The van der Waals surface area contributed by atoms with Gasteiger partial charge in [0.2, 0.25) is 0 Å². The highest BCUT2D eigenvalue weighted by Crippen LogP contribution is 2.34. The SMILES string of the molecule is CC(C)(C)CC(O)Nc1cncc(-c2cnc3[nH]nc(-c4cc5c(-c6ccncc6)cncc5[nH]4)c3c2)c1. The molecule has 0 amide bonds. The Bertz CT molecular complexity index is 1730. The van der Waals surface area contributed by atoms with Gasteiger partial charge in [0, 0.05) is 58.4 Å². The van der Waals surface area contributed by atoms with Crippen molar-refractivity contribution in [2.75, 3.05) is 5.32 Å². The third-order valence-corrected chi connectivity index (χ3v) is 6.42. The molecule has 38 heavy (non-hydrogen) atoms. The summed E-state index contributed by atoms with van der Waals surface area (Å²) in [5.41, 5.74) is 7.87. The predicted molar refractivity (Wildman–Crippen MR) is 149 cm³/mol. The van der Waals surface area contributed by atoms with E-state index in [1.165, 1.54) is 0 Å². The Kier molecular flexibility index (Phi) is 5.84. The molecular formula is C29H28N8O. The number of aromatic amines is 2. The number of aromatic nitrogens is 7. The van der Waals surface area contributed by atoms with Crippen molar-refractivity contribution in [3.05, 3.63) is 73.7 Å². The van der Waals surface area contributed by atoms with Crippen LogP contribution in [0.4, 0.5) is 5.69 Å². The fraction of sp³-hybridized carbons (Fsp3) is 0.207. The lowest BCUT2D eigenvalue weighted by Gasteiger charge is -2.23. The molecule has 0 aromatic carbocycles. The number of hydrogen-bond acceptors (Lipinski definition) is 7. The molecule has 9 heteroatoms. The Balaban J connectivity index is 1.36. The number of pyridine rings is 4. The highest BCUT2D eigenvalue weighted by molar-refractivity contribution is 6.00. The van der Waals surface area contributed by atoms with E-state index in [1.54, 1.807) is 31.0 Å². The zero-order valence-corrected chi connectivity index (χ0v) is 21.4. The standard InChI is InChI=1S/C29H28N8O/c1-29(2,3)11-26(38)34-20-8-18(12-31-14-20)19-9-22-27(36-37-28(22)33-13-19)24-10-21-23(15-32-16-25(21)35-24)17-4-6-30-7-5-17/h4-10,12-16,26,34-35,38H,11H2,1-3H3,(H,33,36,37). The molecule has 0 spiro atoms. The smallest absolute Gasteiger partial charge is 0.155 e. The molecule has 1 atom stereocenters. The molecule has 6 aromatic heterocycles. The Morgan fingerprint density at radius 2 is 1.66 bits per heavy atom. The molecule has 9 nitrogen and oxygen atoms in total. The van der Waals surface area contributed by atoms with Crippen LogP contribution in [0.15, 0.2) is 73.7 Å². The average Bonchev–Trinajstić information content (AvgIpc) is 3.51. The second-order valence-electron chi connectivity index (χ2n) is 10.6. The van der Waals surface area contributed by atoms with Gasteiger partial charge in [0.05, 0.1) is 29.3 Å².